The van der Waals surface area contributed by atoms with Crippen LogP contribution in [-0.2, 0) is 6.54 Å². The molecule has 1 N–H and O–H groups in total. The van der Waals surface area contributed by atoms with E-state index in [2.05, 4.69) is 28.1 Å². The fourth-order valence-electron chi connectivity index (χ4n) is 3.10. The van der Waals surface area contributed by atoms with E-state index in [1.54, 1.807) is 0 Å². The first-order valence-electron chi connectivity index (χ1n) is 8.56. The maximum Gasteiger partial charge on any atom is 0.261 e. The number of aromatic nitrogens is 2. The van der Waals surface area contributed by atoms with Gasteiger partial charge in [0.1, 0.15) is 5.82 Å². The summed E-state index contributed by atoms with van der Waals surface area (Å²) in [6, 6.07) is 21.9. The molecule has 0 fully saturated rings. The van der Waals surface area contributed by atoms with E-state index in [1.807, 2.05) is 60.8 Å². The number of nitrogens with zero attached hydrogens (tertiary/aromatic N) is 2. The van der Waals surface area contributed by atoms with Crippen LogP contribution in [0.5, 0.6) is 0 Å². The molecule has 0 bridgehead atoms. The first kappa shape index (κ1) is 16.5. The van der Waals surface area contributed by atoms with Crippen LogP contribution in [0, 0.1) is 0 Å². The molecule has 4 aromatic rings. The second-order valence-electron chi connectivity index (χ2n) is 6.20. The first-order valence-corrected chi connectivity index (χ1v) is 9.44. The van der Waals surface area contributed by atoms with Gasteiger partial charge in [-0.2, -0.15) is 0 Å². The van der Waals surface area contributed by atoms with Crippen molar-refractivity contribution < 1.29 is 4.79 Å². The molecular weight excluding hydrogens is 342 g/mol. The smallest absolute Gasteiger partial charge is 0.261 e. The number of benzene rings is 2. The zero-order valence-electron chi connectivity index (χ0n) is 14.4. The molecule has 0 spiro atoms. The summed E-state index contributed by atoms with van der Waals surface area (Å²) >= 11 is 1.44. The molecule has 0 aliphatic heterocycles. The van der Waals surface area contributed by atoms with Gasteiger partial charge in [0.15, 0.2) is 0 Å². The van der Waals surface area contributed by atoms with Crippen molar-refractivity contribution in [3.05, 3.63) is 88.4 Å². The molecule has 2 aromatic heterocycles. The molecule has 2 aromatic carbocycles. The average Bonchev–Trinajstić information content (AvgIpc) is 3.31. The molecule has 0 aliphatic carbocycles. The van der Waals surface area contributed by atoms with E-state index in [9.17, 15) is 4.79 Å². The number of para-hydroxylation sites is 2. The molecule has 0 saturated carbocycles. The van der Waals surface area contributed by atoms with E-state index >= 15 is 0 Å². The van der Waals surface area contributed by atoms with Crippen LogP contribution in [0.1, 0.15) is 34.0 Å². The van der Waals surface area contributed by atoms with Crippen molar-refractivity contribution in [3.63, 3.8) is 0 Å². The Kier molecular flexibility index (Phi) is 4.54. The predicted octanol–water partition coefficient (Wildman–Crippen LogP) is 4.64. The summed E-state index contributed by atoms with van der Waals surface area (Å²) in [7, 11) is 0. The largest absolute Gasteiger partial charge is 0.342 e. The number of imidazole rings is 1. The third-order valence-corrected chi connectivity index (χ3v) is 5.22. The van der Waals surface area contributed by atoms with Crippen LogP contribution in [0.4, 0.5) is 0 Å². The van der Waals surface area contributed by atoms with Gasteiger partial charge in [0, 0.05) is 6.54 Å². The van der Waals surface area contributed by atoms with E-state index in [0.29, 0.717) is 4.88 Å². The minimum absolute atomic E-state index is 0.0641. The molecular formula is C21H19N3OS. The lowest BCUT2D eigenvalue weighted by Crippen LogP contribution is -2.28. The zero-order chi connectivity index (χ0) is 17.9. The maximum atomic E-state index is 12.4. The normalized spacial score (nSPS) is 12.2. The van der Waals surface area contributed by atoms with Crippen molar-refractivity contribution in [2.45, 2.75) is 19.5 Å². The summed E-state index contributed by atoms with van der Waals surface area (Å²) < 4.78 is 2.18. The fourth-order valence-corrected chi connectivity index (χ4v) is 3.72. The molecule has 2 heterocycles. The highest BCUT2D eigenvalue weighted by atomic mass is 32.1. The number of carbonyl (C=O) groups excluding carboxylic acids is 1. The Morgan fingerprint density at radius 1 is 1.08 bits per heavy atom. The molecule has 0 aliphatic rings. The number of hydrogen-bond donors (Lipinski definition) is 1. The molecule has 0 saturated heterocycles. The van der Waals surface area contributed by atoms with Gasteiger partial charge >= 0.3 is 0 Å². The van der Waals surface area contributed by atoms with Crippen molar-refractivity contribution in [2.24, 2.45) is 0 Å². The number of rotatable bonds is 5. The highest BCUT2D eigenvalue weighted by Crippen LogP contribution is 2.23. The van der Waals surface area contributed by atoms with E-state index in [0.717, 1.165) is 23.4 Å². The summed E-state index contributed by atoms with van der Waals surface area (Å²) in [6.07, 6.45) is 0. The van der Waals surface area contributed by atoms with Crippen LogP contribution in [0.15, 0.2) is 72.1 Å². The minimum atomic E-state index is -0.194. The number of thiophene rings is 1. The second-order valence-corrected chi connectivity index (χ2v) is 7.15. The van der Waals surface area contributed by atoms with Gasteiger partial charge in [0.05, 0.1) is 22.0 Å². The van der Waals surface area contributed by atoms with Gasteiger partial charge in [-0.15, -0.1) is 11.3 Å². The summed E-state index contributed by atoms with van der Waals surface area (Å²) in [4.78, 5) is 17.9. The average molecular weight is 361 g/mol. The Hall–Kier alpha value is -2.92. The minimum Gasteiger partial charge on any atom is -0.342 e. The van der Waals surface area contributed by atoms with Gasteiger partial charge in [-0.25, -0.2) is 4.98 Å². The van der Waals surface area contributed by atoms with Gasteiger partial charge in [-0.3, -0.25) is 4.79 Å². The SMILES string of the molecule is C[C@@H](NC(=O)c1cccs1)c1nc2ccccc2n1Cc1ccccc1. The molecule has 130 valence electrons. The van der Waals surface area contributed by atoms with Crippen LogP contribution >= 0.6 is 11.3 Å². The van der Waals surface area contributed by atoms with Crippen molar-refractivity contribution in [3.8, 4) is 0 Å². The molecule has 4 nitrogen and oxygen atoms in total. The highest BCUT2D eigenvalue weighted by Gasteiger charge is 2.19. The van der Waals surface area contributed by atoms with E-state index < -0.39 is 0 Å². The van der Waals surface area contributed by atoms with Crippen LogP contribution in [0.2, 0.25) is 0 Å². The highest BCUT2D eigenvalue weighted by molar-refractivity contribution is 7.12. The Morgan fingerprint density at radius 2 is 1.85 bits per heavy atom. The standard InChI is InChI=1S/C21H19N3OS/c1-15(22-21(25)19-12-7-13-26-19)20-23-17-10-5-6-11-18(17)24(20)14-16-8-3-2-4-9-16/h2-13,15H,14H2,1H3,(H,22,25)/t15-/m1/s1. The molecule has 1 atom stereocenters. The monoisotopic (exact) mass is 361 g/mol. The molecule has 0 radical (unpaired) electrons. The van der Waals surface area contributed by atoms with Gasteiger partial charge in [-0.1, -0.05) is 48.5 Å². The lowest BCUT2D eigenvalue weighted by atomic mass is 10.2. The first-order chi connectivity index (χ1) is 12.7. The molecule has 1 amide bonds. The quantitative estimate of drug-likeness (QED) is 0.563. The summed E-state index contributed by atoms with van der Waals surface area (Å²) in [6.45, 7) is 2.70. The summed E-state index contributed by atoms with van der Waals surface area (Å²) in [5, 5.41) is 4.98. The number of fused-ring (bicyclic) bond motifs is 1. The predicted molar refractivity (Wildman–Crippen MR) is 105 cm³/mol. The van der Waals surface area contributed by atoms with Crippen molar-refractivity contribution >= 4 is 28.3 Å². The van der Waals surface area contributed by atoms with Gasteiger partial charge in [-0.05, 0) is 36.1 Å². The van der Waals surface area contributed by atoms with Gasteiger partial charge < -0.3 is 9.88 Å². The number of nitrogens with one attached hydrogen (secondary N) is 1. The van der Waals surface area contributed by atoms with Crippen LogP contribution in [0.25, 0.3) is 11.0 Å². The molecule has 5 heteroatoms. The number of hydrogen-bond acceptors (Lipinski definition) is 3. The molecule has 26 heavy (non-hydrogen) atoms. The van der Waals surface area contributed by atoms with Crippen LogP contribution in [0.3, 0.4) is 0 Å². The van der Waals surface area contributed by atoms with Crippen molar-refractivity contribution in [1.29, 1.82) is 0 Å². The lowest BCUT2D eigenvalue weighted by Gasteiger charge is -2.16. The molecule has 4 rings (SSSR count). The number of amides is 1. The maximum absolute atomic E-state index is 12.4. The molecule has 0 unspecified atom stereocenters. The van der Waals surface area contributed by atoms with Gasteiger partial charge in [0.25, 0.3) is 5.91 Å². The van der Waals surface area contributed by atoms with E-state index in [4.69, 9.17) is 4.98 Å². The lowest BCUT2D eigenvalue weighted by molar-refractivity contribution is 0.0942. The number of carbonyl (C=O) groups is 1. The Morgan fingerprint density at radius 3 is 2.62 bits per heavy atom. The Bertz CT molecular complexity index is 1020. The second kappa shape index (κ2) is 7.14. The zero-order valence-corrected chi connectivity index (χ0v) is 15.2. The van der Waals surface area contributed by atoms with Crippen LogP contribution in [-0.4, -0.2) is 15.5 Å². The third-order valence-electron chi connectivity index (χ3n) is 4.35. The summed E-state index contributed by atoms with van der Waals surface area (Å²) in [5.41, 5.74) is 3.22. The Balaban J connectivity index is 1.69. The topological polar surface area (TPSA) is 46.9 Å². The third kappa shape index (κ3) is 3.26. The summed E-state index contributed by atoms with van der Waals surface area (Å²) in [5.74, 6) is 0.797. The van der Waals surface area contributed by atoms with Crippen molar-refractivity contribution in [1.82, 2.24) is 14.9 Å². The Labute approximate surface area is 156 Å². The van der Waals surface area contributed by atoms with E-state index in [-0.39, 0.29) is 11.9 Å². The van der Waals surface area contributed by atoms with Crippen LogP contribution < -0.4 is 5.32 Å². The van der Waals surface area contributed by atoms with E-state index in [1.165, 1.54) is 16.9 Å². The van der Waals surface area contributed by atoms with Crippen molar-refractivity contribution in [2.75, 3.05) is 0 Å². The fraction of sp³-hybridized carbons (Fsp3) is 0.143. The van der Waals surface area contributed by atoms with Gasteiger partial charge in [0.2, 0.25) is 0 Å².